The lowest BCUT2D eigenvalue weighted by atomic mass is 10.0. The summed E-state index contributed by atoms with van der Waals surface area (Å²) in [5, 5.41) is 3.78. The molecule has 0 bridgehead atoms. The predicted octanol–water partition coefficient (Wildman–Crippen LogP) is 1.67. The van der Waals surface area contributed by atoms with Crippen LogP contribution >= 0.6 is 21.6 Å². The van der Waals surface area contributed by atoms with Crippen molar-refractivity contribution in [1.29, 1.82) is 0 Å². The van der Waals surface area contributed by atoms with Crippen LogP contribution in [0.5, 0.6) is 0 Å². The molecule has 6 N–H and O–H groups in total. The van der Waals surface area contributed by atoms with Gasteiger partial charge in [0, 0.05) is 23.0 Å². The Morgan fingerprint density at radius 1 is 1.28 bits per heavy atom. The molecule has 0 aliphatic carbocycles. The molecule has 2 unspecified atom stereocenters. The van der Waals surface area contributed by atoms with Gasteiger partial charge in [0.1, 0.15) is 0 Å². The maximum Gasteiger partial charge on any atom is 0.280 e. The van der Waals surface area contributed by atoms with Crippen molar-refractivity contribution < 1.29 is 14.3 Å². The molecule has 1 heterocycles. The molecule has 0 saturated carbocycles. The van der Waals surface area contributed by atoms with E-state index in [0.29, 0.717) is 12.8 Å². The fraction of sp³-hybridized carbons (Fsp3) is 0.875. The second kappa shape index (κ2) is 10.6. The topological polar surface area (TPSA) is 119 Å². The number of nitrogens with one attached hydrogen (secondary N) is 2. The fourth-order valence-electron chi connectivity index (χ4n) is 2.45. The summed E-state index contributed by atoms with van der Waals surface area (Å²) >= 11 is 0. The zero-order valence-electron chi connectivity index (χ0n) is 15.4. The molecule has 1 fully saturated rings. The Labute approximate surface area is 158 Å². The summed E-state index contributed by atoms with van der Waals surface area (Å²) in [7, 11) is 3.93. The maximum absolute atomic E-state index is 12.1. The molecule has 9 heteroatoms. The van der Waals surface area contributed by atoms with E-state index in [9.17, 15) is 9.59 Å². The quantitative estimate of drug-likeness (QED) is 0.105. The Bertz CT molecular complexity index is 441. The van der Waals surface area contributed by atoms with E-state index < -0.39 is 17.2 Å². The summed E-state index contributed by atoms with van der Waals surface area (Å²) in [5.41, 5.74) is 5.79. The molecule has 25 heavy (non-hydrogen) atoms. The van der Waals surface area contributed by atoms with Crippen LogP contribution in [0.3, 0.4) is 0 Å². The highest BCUT2D eigenvalue weighted by Gasteiger charge is 2.30. The smallest absolute Gasteiger partial charge is 0.280 e. The van der Waals surface area contributed by atoms with Crippen molar-refractivity contribution in [2.75, 3.05) is 12.4 Å². The zero-order chi connectivity index (χ0) is 18.9. The van der Waals surface area contributed by atoms with Gasteiger partial charge in [0.05, 0.1) is 6.61 Å². The molecule has 1 aliphatic heterocycles. The van der Waals surface area contributed by atoms with Gasteiger partial charge in [0.15, 0.2) is 5.72 Å². The first kappa shape index (κ1) is 22.6. The second-order valence-electron chi connectivity index (χ2n) is 7.19. The highest BCUT2D eigenvalue weighted by Crippen LogP contribution is 2.39. The van der Waals surface area contributed by atoms with Crippen LogP contribution in [-0.2, 0) is 14.3 Å². The van der Waals surface area contributed by atoms with Crippen LogP contribution in [0.25, 0.3) is 0 Å². The van der Waals surface area contributed by atoms with E-state index in [0.717, 1.165) is 18.1 Å². The fourth-order valence-corrected chi connectivity index (χ4v) is 5.48. The van der Waals surface area contributed by atoms with Crippen molar-refractivity contribution in [3.63, 3.8) is 0 Å². The van der Waals surface area contributed by atoms with Gasteiger partial charge in [-0.2, -0.15) is 0 Å². The SMILES string of the molecule is CC(C)(CCOC(C)(N)C(=O)NN)NC(=O)CCCCC1CCSS1. The second-order valence-corrected chi connectivity index (χ2v) is 9.97. The lowest BCUT2D eigenvalue weighted by Crippen LogP contribution is -2.56. The molecule has 0 aromatic carbocycles. The van der Waals surface area contributed by atoms with E-state index in [4.69, 9.17) is 16.3 Å². The van der Waals surface area contributed by atoms with E-state index in [2.05, 4.69) is 5.32 Å². The van der Waals surface area contributed by atoms with Crippen LogP contribution in [0.2, 0.25) is 0 Å². The van der Waals surface area contributed by atoms with Crippen molar-refractivity contribution >= 4 is 33.4 Å². The molecule has 146 valence electrons. The van der Waals surface area contributed by atoms with E-state index in [-0.39, 0.29) is 12.5 Å². The minimum atomic E-state index is -1.48. The number of carbonyl (C=O) groups is 2. The third-order valence-corrected chi connectivity index (χ3v) is 7.10. The Balaban J connectivity index is 2.19. The minimum Gasteiger partial charge on any atom is -0.352 e. The van der Waals surface area contributed by atoms with Crippen molar-refractivity contribution in [1.82, 2.24) is 10.7 Å². The molecule has 1 saturated heterocycles. The predicted molar refractivity (Wildman–Crippen MR) is 105 cm³/mol. The van der Waals surface area contributed by atoms with Gasteiger partial charge in [-0.1, -0.05) is 28.0 Å². The zero-order valence-corrected chi connectivity index (χ0v) is 17.1. The van der Waals surface area contributed by atoms with Crippen molar-refractivity contribution in [2.24, 2.45) is 11.6 Å². The van der Waals surface area contributed by atoms with E-state index in [1.165, 1.54) is 25.5 Å². The first-order valence-electron chi connectivity index (χ1n) is 8.69. The van der Waals surface area contributed by atoms with E-state index in [1.807, 2.05) is 40.9 Å². The Hall–Kier alpha value is -0.480. The monoisotopic (exact) mass is 392 g/mol. The van der Waals surface area contributed by atoms with Gasteiger partial charge in [0.2, 0.25) is 5.91 Å². The van der Waals surface area contributed by atoms with Crippen molar-refractivity contribution in [3.8, 4) is 0 Å². The molecule has 1 rings (SSSR count). The van der Waals surface area contributed by atoms with E-state index >= 15 is 0 Å². The lowest BCUT2D eigenvalue weighted by Gasteiger charge is -2.29. The average molecular weight is 393 g/mol. The number of hydrogen-bond acceptors (Lipinski definition) is 7. The maximum atomic E-state index is 12.1. The van der Waals surface area contributed by atoms with Gasteiger partial charge in [0.25, 0.3) is 5.91 Å². The summed E-state index contributed by atoms with van der Waals surface area (Å²) in [5.74, 6) is 5.77. The van der Waals surface area contributed by atoms with Crippen LogP contribution in [0, 0.1) is 0 Å². The van der Waals surface area contributed by atoms with Crippen LogP contribution in [0.4, 0.5) is 0 Å². The molecule has 0 radical (unpaired) electrons. The normalized spacial score (nSPS) is 20.1. The van der Waals surface area contributed by atoms with E-state index in [1.54, 1.807) is 0 Å². The molecule has 0 aromatic rings. The number of amides is 2. The summed E-state index contributed by atoms with van der Waals surface area (Å²) in [6.07, 6.45) is 5.57. The van der Waals surface area contributed by atoms with Crippen LogP contribution in [0.1, 0.15) is 59.3 Å². The van der Waals surface area contributed by atoms with Crippen LogP contribution < -0.4 is 22.3 Å². The van der Waals surface area contributed by atoms with Gasteiger partial charge in [-0.15, -0.1) is 0 Å². The number of hydrogen-bond donors (Lipinski definition) is 4. The first-order chi connectivity index (χ1) is 11.7. The van der Waals surface area contributed by atoms with Gasteiger partial charge in [-0.05, 0) is 46.5 Å². The lowest BCUT2D eigenvalue weighted by molar-refractivity contribution is -0.145. The Kier molecular flexibility index (Phi) is 9.58. The molecule has 1 aliphatic rings. The average Bonchev–Trinajstić information content (AvgIpc) is 3.03. The van der Waals surface area contributed by atoms with Gasteiger partial charge < -0.3 is 10.1 Å². The molecule has 2 atom stereocenters. The van der Waals surface area contributed by atoms with Crippen LogP contribution in [-0.4, -0.2) is 40.7 Å². The Morgan fingerprint density at radius 3 is 2.60 bits per heavy atom. The van der Waals surface area contributed by atoms with Crippen molar-refractivity contribution in [2.45, 2.75) is 75.8 Å². The third-order valence-electron chi connectivity index (χ3n) is 4.10. The molecular weight excluding hydrogens is 360 g/mol. The summed E-state index contributed by atoms with van der Waals surface area (Å²) in [6.45, 7) is 5.54. The number of carbonyl (C=O) groups excluding carboxylic acids is 2. The van der Waals surface area contributed by atoms with Gasteiger partial charge >= 0.3 is 0 Å². The summed E-state index contributed by atoms with van der Waals surface area (Å²) in [4.78, 5) is 23.6. The highest BCUT2D eigenvalue weighted by atomic mass is 33.1. The number of ether oxygens (including phenoxy) is 1. The number of nitrogens with two attached hydrogens (primary N) is 2. The summed E-state index contributed by atoms with van der Waals surface area (Å²) in [6, 6.07) is 0. The largest absolute Gasteiger partial charge is 0.352 e. The summed E-state index contributed by atoms with van der Waals surface area (Å²) < 4.78 is 5.39. The van der Waals surface area contributed by atoms with Gasteiger partial charge in [-0.25, -0.2) is 5.84 Å². The molecule has 7 nitrogen and oxygen atoms in total. The third kappa shape index (κ3) is 9.14. The van der Waals surface area contributed by atoms with Gasteiger partial charge in [-0.3, -0.25) is 20.7 Å². The highest BCUT2D eigenvalue weighted by molar-refractivity contribution is 8.77. The minimum absolute atomic E-state index is 0.0497. The van der Waals surface area contributed by atoms with Crippen molar-refractivity contribution in [3.05, 3.63) is 0 Å². The molecule has 0 spiro atoms. The molecular formula is C16H32N4O3S2. The number of unbranched alkanes of at least 4 members (excludes halogenated alkanes) is 1. The standard InChI is InChI=1S/C16H32N4O3S2/c1-15(2,9-10-23-16(3,17)14(22)20-18)19-13(21)7-5-4-6-12-8-11-24-25-12/h12H,4-11,17-18H2,1-3H3,(H,19,21)(H,20,22). The number of rotatable bonds is 11. The first-order valence-corrected chi connectivity index (χ1v) is 11.1. The number of hydrazine groups is 1. The molecule has 0 aromatic heterocycles. The Morgan fingerprint density at radius 2 is 2.00 bits per heavy atom. The molecule has 2 amide bonds. The van der Waals surface area contributed by atoms with Crippen LogP contribution in [0.15, 0.2) is 0 Å².